The predicted octanol–water partition coefficient (Wildman–Crippen LogP) is 3.10. The van der Waals surface area contributed by atoms with Crippen LogP contribution in [0.1, 0.15) is 17.2 Å². The molecule has 4 aromatic rings. The normalized spacial score (nSPS) is 11.2. The van der Waals surface area contributed by atoms with Gasteiger partial charge in [0.1, 0.15) is 0 Å². The zero-order valence-electron chi connectivity index (χ0n) is 15.0. The third kappa shape index (κ3) is 2.79. The Morgan fingerprint density at radius 3 is 2.69 bits per heavy atom. The fourth-order valence-electron chi connectivity index (χ4n) is 3.17. The van der Waals surface area contributed by atoms with Gasteiger partial charge in [-0.3, -0.25) is 4.79 Å². The summed E-state index contributed by atoms with van der Waals surface area (Å²) in [6, 6.07) is 15.9. The smallest absolute Gasteiger partial charge is 0.252 e. The number of rotatable bonds is 3. The molecule has 2 heterocycles. The molecule has 0 bridgehead atoms. The van der Waals surface area contributed by atoms with Gasteiger partial charge in [0, 0.05) is 23.8 Å². The van der Waals surface area contributed by atoms with Gasteiger partial charge in [0.05, 0.1) is 12.1 Å². The zero-order chi connectivity index (χ0) is 18.3. The van der Waals surface area contributed by atoms with Crippen LogP contribution >= 0.6 is 0 Å². The predicted molar refractivity (Wildman–Crippen MR) is 101 cm³/mol. The van der Waals surface area contributed by atoms with Crippen molar-refractivity contribution in [3.63, 3.8) is 0 Å². The van der Waals surface area contributed by atoms with Crippen LogP contribution in [0.25, 0.3) is 16.6 Å². The molecule has 130 valence electrons. The van der Waals surface area contributed by atoms with Crippen LogP contribution in [0.15, 0.2) is 48.5 Å². The van der Waals surface area contributed by atoms with Gasteiger partial charge < -0.3 is 4.90 Å². The summed E-state index contributed by atoms with van der Waals surface area (Å²) >= 11 is 0. The fraction of sp³-hybridized carbons (Fsp3) is 0.200. The number of aryl methyl sites for hydroxylation is 2. The molecule has 0 saturated heterocycles. The van der Waals surface area contributed by atoms with E-state index >= 15 is 0 Å². The molecule has 6 heteroatoms. The maximum Gasteiger partial charge on any atom is 0.252 e. The van der Waals surface area contributed by atoms with E-state index in [-0.39, 0.29) is 12.3 Å². The van der Waals surface area contributed by atoms with Crippen molar-refractivity contribution >= 4 is 28.1 Å². The molecule has 4 rings (SSSR count). The lowest BCUT2D eigenvalue weighted by Gasteiger charge is -2.18. The molecule has 0 aliphatic heterocycles. The topological polar surface area (TPSA) is 63.4 Å². The Hall–Kier alpha value is -3.28. The molecule has 2 aromatic heterocycles. The number of carbonyl (C=O) groups excluding carboxylic acids is 1. The van der Waals surface area contributed by atoms with Gasteiger partial charge in [0.25, 0.3) is 5.78 Å². The first kappa shape index (κ1) is 16.2. The highest BCUT2D eigenvalue weighted by atomic mass is 16.2. The van der Waals surface area contributed by atoms with Crippen molar-refractivity contribution in [2.24, 2.45) is 0 Å². The molecule has 0 spiro atoms. The minimum absolute atomic E-state index is 0.0633. The van der Waals surface area contributed by atoms with Gasteiger partial charge in [-0.15, -0.1) is 5.10 Å². The molecule has 0 unspecified atom stereocenters. The Labute approximate surface area is 151 Å². The molecular weight excluding hydrogens is 326 g/mol. The lowest BCUT2D eigenvalue weighted by molar-refractivity contribution is -0.117. The number of amides is 1. The molecule has 6 nitrogen and oxygen atoms in total. The van der Waals surface area contributed by atoms with E-state index in [1.54, 1.807) is 16.5 Å². The number of anilines is 1. The van der Waals surface area contributed by atoms with E-state index in [0.29, 0.717) is 11.6 Å². The third-order valence-electron chi connectivity index (χ3n) is 4.47. The molecule has 0 saturated carbocycles. The largest absolute Gasteiger partial charge is 0.314 e. The zero-order valence-corrected chi connectivity index (χ0v) is 15.0. The first-order chi connectivity index (χ1) is 12.5. The quantitative estimate of drug-likeness (QED) is 0.572. The van der Waals surface area contributed by atoms with Crippen molar-refractivity contribution in [1.82, 2.24) is 19.6 Å². The number of carbonyl (C=O) groups is 1. The van der Waals surface area contributed by atoms with Crippen LogP contribution in [0.4, 0.5) is 5.69 Å². The van der Waals surface area contributed by atoms with Gasteiger partial charge in [0.2, 0.25) is 5.91 Å². The Morgan fingerprint density at radius 1 is 1.08 bits per heavy atom. The van der Waals surface area contributed by atoms with Gasteiger partial charge in [-0.1, -0.05) is 36.4 Å². The minimum Gasteiger partial charge on any atom is -0.314 e. The van der Waals surface area contributed by atoms with Crippen molar-refractivity contribution in [1.29, 1.82) is 0 Å². The van der Waals surface area contributed by atoms with E-state index < -0.39 is 0 Å². The molecule has 0 fully saturated rings. The molecule has 0 N–H and O–H groups in total. The number of fused-ring (bicyclic) bond motifs is 2. The molecule has 26 heavy (non-hydrogen) atoms. The number of hydrogen-bond acceptors (Lipinski definition) is 4. The highest BCUT2D eigenvalue weighted by Gasteiger charge is 2.17. The molecule has 0 radical (unpaired) electrons. The molecule has 2 aromatic carbocycles. The van der Waals surface area contributed by atoms with Gasteiger partial charge in [-0.2, -0.15) is 4.98 Å². The Kier molecular flexibility index (Phi) is 3.88. The van der Waals surface area contributed by atoms with Crippen LogP contribution in [-0.2, 0) is 11.2 Å². The molecule has 1 amide bonds. The number of benzene rings is 2. The van der Waals surface area contributed by atoms with E-state index in [0.717, 1.165) is 27.8 Å². The lowest BCUT2D eigenvalue weighted by atomic mass is 10.1. The standard InChI is InChI=1S/C20H19N5O/c1-13-11-14(2)25-20(21-13)22-18(23-25)12-19(26)24(3)17-10-6-8-15-7-4-5-9-16(15)17/h4-11H,12H2,1-3H3. The van der Waals surface area contributed by atoms with E-state index in [1.165, 1.54) is 0 Å². The van der Waals surface area contributed by atoms with E-state index in [2.05, 4.69) is 15.1 Å². The summed E-state index contributed by atoms with van der Waals surface area (Å²) < 4.78 is 1.67. The highest BCUT2D eigenvalue weighted by molar-refractivity contribution is 6.03. The summed E-state index contributed by atoms with van der Waals surface area (Å²) in [7, 11) is 1.79. The monoisotopic (exact) mass is 345 g/mol. The van der Waals surface area contributed by atoms with E-state index in [9.17, 15) is 4.79 Å². The molecule has 0 atom stereocenters. The van der Waals surface area contributed by atoms with Crippen LogP contribution in [0.5, 0.6) is 0 Å². The van der Waals surface area contributed by atoms with E-state index in [1.807, 2.05) is 62.4 Å². The van der Waals surface area contributed by atoms with Crippen molar-refractivity contribution in [2.45, 2.75) is 20.3 Å². The van der Waals surface area contributed by atoms with Crippen LogP contribution in [0.2, 0.25) is 0 Å². The summed E-state index contributed by atoms with van der Waals surface area (Å²) in [4.78, 5) is 23.2. The second-order valence-corrected chi connectivity index (χ2v) is 6.41. The Balaban J connectivity index is 1.64. The number of aromatic nitrogens is 4. The molecular formula is C20H19N5O. The number of nitrogens with zero attached hydrogens (tertiary/aromatic N) is 5. The van der Waals surface area contributed by atoms with Gasteiger partial charge in [0.15, 0.2) is 5.82 Å². The number of hydrogen-bond donors (Lipinski definition) is 0. The van der Waals surface area contributed by atoms with Crippen molar-refractivity contribution < 1.29 is 4.79 Å². The first-order valence-corrected chi connectivity index (χ1v) is 8.47. The van der Waals surface area contributed by atoms with Crippen molar-refractivity contribution in [3.8, 4) is 0 Å². The van der Waals surface area contributed by atoms with E-state index in [4.69, 9.17) is 0 Å². The average Bonchev–Trinajstić information content (AvgIpc) is 3.03. The van der Waals surface area contributed by atoms with Crippen molar-refractivity contribution in [3.05, 3.63) is 65.7 Å². The minimum atomic E-state index is -0.0633. The van der Waals surface area contributed by atoms with Gasteiger partial charge >= 0.3 is 0 Å². The molecule has 0 aliphatic carbocycles. The maximum atomic E-state index is 12.8. The summed E-state index contributed by atoms with van der Waals surface area (Å²) in [6.45, 7) is 3.87. The SMILES string of the molecule is Cc1cc(C)n2nc(CC(=O)N(C)c3cccc4ccccc34)nc2n1. The van der Waals surface area contributed by atoms with Crippen LogP contribution in [0.3, 0.4) is 0 Å². The average molecular weight is 345 g/mol. The summed E-state index contributed by atoms with van der Waals surface area (Å²) in [5.41, 5.74) is 2.70. The lowest BCUT2D eigenvalue weighted by Crippen LogP contribution is -2.28. The van der Waals surface area contributed by atoms with Crippen LogP contribution in [0, 0.1) is 13.8 Å². The number of likely N-dealkylation sites (N-methyl/N-ethyl adjacent to an activating group) is 1. The second kappa shape index (κ2) is 6.22. The van der Waals surface area contributed by atoms with Crippen LogP contribution in [-0.4, -0.2) is 32.5 Å². The third-order valence-corrected chi connectivity index (χ3v) is 4.47. The van der Waals surface area contributed by atoms with Gasteiger partial charge in [-0.05, 0) is 31.4 Å². The summed E-state index contributed by atoms with van der Waals surface area (Å²) in [6.07, 6.45) is 0.127. The summed E-state index contributed by atoms with van der Waals surface area (Å²) in [5, 5.41) is 6.57. The van der Waals surface area contributed by atoms with Crippen LogP contribution < -0.4 is 4.90 Å². The highest BCUT2D eigenvalue weighted by Crippen LogP contribution is 2.26. The van der Waals surface area contributed by atoms with Gasteiger partial charge in [-0.25, -0.2) is 9.50 Å². The fourth-order valence-corrected chi connectivity index (χ4v) is 3.17. The summed E-state index contributed by atoms with van der Waals surface area (Å²) in [5.74, 6) is 0.938. The first-order valence-electron chi connectivity index (χ1n) is 8.47. The molecule has 0 aliphatic rings. The Morgan fingerprint density at radius 2 is 1.85 bits per heavy atom. The maximum absolute atomic E-state index is 12.8. The second-order valence-electron chi connectivity index (χ2n) is 6.41. The van der Waals surface area contributed by atoms with Crippen molar-refractivity contribution in [2.75, 3.05) is 11.9 Å². The Bertz CT molecular complexity index is 1130.